The number of thiazole rings is 3. The maximum Gasteiger partial charge on any atom is 0.311 e. The molecule has 6 aromatic heterocycles. The van der Waals surface area contributed by atoms with Crippen LogP contribution >= 0.6 is 80.4 Å². The van der Waals surface area contributed by atoms with Crippen LogP contribution < -0.4 is 16.0 Å². The zero-order chi connectivity index (χ0) is 60.3. The lowest BCUT2D eigenvalue weighted by atomic mass is 9.95. The van der Waals surface area contributed by atoms with E-state index in [0.717, 1.165) is 97.8 Å². The molecule has 0 saturated heterocycles. The molecule has 6 aromatic carbocycles. The number of benzene rings is 6. The highest BCUT2D eigenvalue weighted by molar-refractivity contribution is 7.16. The summed E-state index contributed by atoms with van der Waals surface area (Å²) in [4.78, 5) is 28.8. The van der Waals surface area contributed by atoms with Crippen molar-refractivity contribution in [3.05, 3.63) is 198 Å². The van der Waals surface area contributed by atoms with Crippen LogP contribution in [0.5, 0.6) is 0 Å². The number of nitrogens with zero attached hydrogens (tertiary/aromatic N) is 6. The summed E-state index contributed by atoms with van der Waals surface area (Å²) in [5.74, 6) is 0.972. The summed E-state index contributed by atoms with van der Waals surface area (Å²) in [6.07, 6.45) is 10.9. The Kier molecular flexibility index (Phi) is 18.3. The Bertz CT molecular complexity index is 4420. The number of anilines is 4. The fourth-order valence-electron chi connectivity index (χ4n) is 11.2. The summed E-state index contributed by atoms with van der Waals surface area (Å²) in [6, 6.07) is 40.2. The summed E-state index contributed by atoms with van der Waals surface area (Å²) in [5, 5.41) is 18.5. The standard InChI is InChI=1S/C23H21ClFN3S.C22H19ClFN3S.C21H16Cl2FN3O2S/c24-19-13-16(25)11-12-18(19)21-22(26-17-9-5-2-6-10-17)28-20(14-29-23(28)27-21)15-7-3-1-4-8-15;23-18-12-15(24)10-11-17(18)20-21(25-16-8-4-5-9-16)27-19(13-28-22(27)26-20)14-6-2-1-3-7-14;1-11-4-3-5-15(22)18(11)25-20-19(14-7-6-12(24)8-16(14)23)26-21-27(20)13(10-30-21)9-17(28)29-2/h1,3-4,7-8,11-14,17,26H,2,5-6,9-10H2;1-3,6-7,10-13,16,25H,4-5,8-9H2;3-8,10,25H,9H2,1-2H3. The molecule has 0 atom stereocenters. The number of esters is 1. The second-order valence-electron chi connectivity index (χ2n) is 21.3. The Morgan fingerprint density at radius 2 is 0.954 bits per heavy atom. The van der Waals surface area contributed by atoms with Crippen LogP contribution in [0.3, 0.4) is 0 Å². The van der Waals surface area contributed by atoms with Crippen molar-refractivity contribution < 1.29 is 22.7 Å². The normalized spacial score (nSPS) is 13.6. The Labute approximate surface area is 532 Å². The van der Waals surface area contributed by atoms with Gasteiger partial charge in [0.15, 0.2) is 14.9 Å². The van der Waals surface area contributed by atoms with Gasteiger partial charge in [0.05, 0.1) is 50.7 Å². The molecule has 444 valence electrons. The van der Waals surface area contributed by atoms with E-state index in [1.54, 1.807) is 46.9 Å². The first-order chi connectivity index (χ1) is 42.3. The molecule has 2 aliphatic carbocycles. The molecular weight excluding hydrogens is 1250 g/mol. The third-order valence-corrected chi connectivity index (χ3v) is 19.3. The number of hydrogen-bond acceptors (Lipinski definition) is 11. The van der Waals surface area contributed by atoms with E-state index < -0.39 is 5.82 Å². The first-order valence-electron chi connectivity index (χ1n) is 28.4. The highest BCUT2D eigenvalue weighted by atomic mass is 35.5. The number of fused-ring (bicyclic) bond motifs is 3. The van der Waals surface area contributed by atoms with E-state index >= 15 is 0 Å². The molecule has 3 N–H and O–H groups in total. The van der Waals surface area contributed by atoms with Gasteiger partial charge in [0.1, 0.15) is 52.0 Å². The zero-order valence-corrected chi connectivity index (χ0v) is 52.5. The van der Waals surface area contributed by atoms with Crippen molar-refractivity contribution in [2.24, 2.45) is 0 Å². The molecule has 0 bridgehead atoms. The fourth-order valence-corrected chi connectivity index (χ4v) is 14.9. The summed E-state index contributed by atoms with van der Waals surface area (Å²) >= 11 is 30.1. The maximum atomic E-state index is 13.6. The molecular formula is C66H56Cl4F3N9O2S3. The largest absolute Gasteiger partial charge is 0.469 e. The van der Waals surface area contributed by atoms with Crippen LogP contribution in [0.25, 0.3) is 71.2 Å². The molecule has 0 aliphatic heterocycles. The van der Waals surface area contributed by atoms with Gasteiger partial charge in [-0.25, -0.2) is 28.1 Å². The van der Waals surface area contributed by atoms with E-state index in [2.05, 4.69) is 59.8 Å². The van der Waals surface area contributed by atoms with Crippen LogP contribution in [-0.2, 0) is 16.0 Å². The molecule has 12 aromatic rings. The van der Waals surface area contributed by atoms with Gasteiger partial charge in [0.2, 0.25) is 0 Å². The number of ether oxygens (including phenoxy) is 1. The van der Waals surface area contributed by atoms with Crippen molar-refractivity contribution in [3.63, 3.8) is 0 Å². The topological polar surface area (TPSA) is 114 Å². The van der Waals surface area contributed by atoms with Gasteiger partial charge in [-0.2, -0.15) is 0 Å². The molecule has 11 nitrogen and oxygen atoms in total. The zero-order valence-electron chi connectivity index (χ0n) is 47.0. The van der Waals surface area contributed by atoms with Gasteiger partial charge in [-0.1, -0.05) is 151 Å². The van der Waals surface area contributed by atoms with E-state index in [-0.39, 0.29) is 29.0 Å². The van der Waals surface area contributed by atoms with Crippen LogP contribution in [0, 0.1) is 24.4 Å². The number of hydrogen-bond donors (Lipinski definition) is 3. The number of aromatic nitrogens is 6. The molecule has 2 fully saturated rings. The number of imidazole rings is 3. The quantitative estimate of drug-likeness (QED) is 0.0979. The minimum atomic E-state index is -0.437. The van der Waals surface area contributed by atoms with Crippen molar-refractivity contribution in [2.75, 3.05) is 23.1 Å². The minimum Gasteiger partial charge on any atom is -0.469 e. The number of aryl methyl sites for hydroxylation is 1. The average Bonchev–Trinajstić information content (AvgIpc) is 1.72. The van der Waals surface area contributed by atoms with Crippen molar-refractivity contribution >= 4 is 124 Å². The molecule has 87 heavy (non-hydrogen) atoms. The van der Waals surface area contributed by atoms with E-state index in [1.165, 1.54) is 86.9 Å². The Morgan fingerprint density at radius 3 is 1.39 bits per heavy atom. The summed E-state index contributed by atoms with van der Waals surface area (Å²) in [7, 11) is 1.34. The van der Waals surface area contributed by atoms with Gasteiger partial charge in [0, 0.05) is 50.6 Å². The summed E-state index contributed by atoms with van der Waals surface area (Å²) in [6.45, 7) is 1.93. The summed E-state index contributed by atoms with van der Waals surface area (Å²) < 4.78 is 51.9. The Balaban J connectivity index is 0.000000127. The second-order valence-corrected chi connectivity index (χ2v) is 25.4. The minimum absolute atomic E-state index is 0.0691. The van der Waals surface area contributed by atoms with Crippen LogP contribution in [-0.4, -0.2) is 53.3 Å². The molecule has 6 heterocycles. The van der Waals surface area contributed by atoms with Crippen LogP contribution in [0.2, 0.25) is 20.1 Å². The van der Waals surface area contributed by atoms with Gasteiger partial charge >= 0.3 is 5.97 Å². The first-order valence-corrected chi connectivity index (χ1v) is 32.5. The van der Waals surface area contributed by atoms with Crippen molar-refractivity contribution in [1.82, 2.24) is 28.2 Å². The van der Waals surface area contributed by atoms with E-state index in [9.17, 15) is 18.0 Å². The summed E-state index contributed by atoms with van der Waals surface area (Å²) in [5.41, 5.74) is 10.9. The van der Waals surface area contributed by atoms with Crippen LogP contribution in [0.1, 0.15) is 69.0 Å². The molecule has 0 radical (unpaired) electrons. The van der Waals surface area contributed by atoms with Crippen molar-refractivity contribution in [3.8, 4) is 56.3 Å². The number of carbonyl (C=O) groups excluding carboxylic acids is 1. The second kappa shape index (κ2) is 26.5. The van der Waals surface area contributed by atoms with Crippen LogP contribution in [0.15, 0.2) is 150 Å². The van der Waals surface area contributed by atoms with E-state index in [0.29, 0.717) is 60.6 Å². The SMILES string of the molecule is COC(=O)Cc1csc2nc(-c3ccc(F)cc3Cl)c(Nc3c(C)cccc3Cl)n12.Fc1ccc(-c2nc3scc(-c4ccccc4)n3c2NC2CCCC2)c(Cl)c1.Fc1ccc(-c2nc3scc(-c4ccccc4)n3c2NC2CCCCC2)c(Cl)c1. The number of nitrogens with one attached hydrogen (secondary N) is 3. The highest BCUT2D eigenvalue weighted by Gasteiger charge is 2.28. The lowest BCUT2D eigenvalue weighted by molar-refractivity contribution is -0.139. The Hall–Kier alpha value is -7.35. The van der Waals surface area contributed by atoms with Gasteiger partial charge in [0.25, 0.3) is 0 Å². The number of rotatable bonds is 13. The van der Waals surface area contributed by atoms with Gasteiger partial charge in [-0.15, -0.1) is 34.0 Å². The molecule has 0 spiro atoms. The third kappa shape index (κ3) is 12.8. The molecule has 2 aliphatic rings. The third-order valence-electron chi connectivity index (χ3n) is 15.5. The Morgan fingerprint density at radius 1 is 0.529 bits per heavy atom. The van der Waals surface area contributed by atoms with Gasteiger partial charge in [-0.3, -0.25) is 18.0 Å². The monoisotopic (exact) mass is 1300 g/mol. The lowest BCUT2D eigenvalue weighted by Gasteiger charge is -2.24. The molecule has 0 unspecified atom stereocenters. The van der Waals surface area contributed by atoms with Gasteiger partial charge < -0.3 is 20.7 Å². The van der Waals surface area contributed by atoms with Gasteiger partial charge in [-0.05, 0) is 110 Å². The van der Waals surface area contributed by atoms with Crippen molar-refractivity contribution in [2.45, 2.75) is 83.2 Å². The van der Waals surface area contributed by atoms with E-state index in [4.69, 9.17) is 66.1 Å². The van der Waals surface area contributed by atoms with Crippen molar-refractivity contribution in [1.29, 1.82) is 0 Å². The van der Waals surface area contributed by atoms with Crippen LogP contribution in [0.4, 0.5) is 36.3 Å². The number of carbonyl (C=O) groups is 1. The molecule has 14 rings (SSSR count). The lowest BCUT2D eigenvalue weighted by Crippen LogP contribution is -2.23. The highest BCUT2D eigenvalue weighted by Crippen LogP contribution is 2.44. The molecule has 21 heteroatoms. The molecule has 2 saturated carbocycles. The predicted octanol–water partition coefficient (Wildman–Crippen LogP) is 20.4. The number of para-hydroxylation sites is 1. The number of methoxy groups -OCH3 is 1. The average molecular weight is 1300 g/mol. The molecule has 0 amide bonds. The predicted molar refractivity (Wildman–Crippen MR) is 353 cm³/mol. The van der Waals surface area contributed by atoms with E-state index in [1.807, 2.05) is 65.2 Å². The smallest absolute Gasteiger partial charge is 0.311 e. The first kappa shape index (κ1) is 60.0. The fraction of sp³-hybridized carbons (Fsp3) is 0.212. The number of halogens is 7. The maximum absolute atomic E-state index is 13.6.